The highest BCUT2D eigenvalue weighted by Crippen LogP contribution is 2.30. The molecule has 0 fully saturated rings. The Morgan fingerprint density at radius 3 is 2.90 bits per heavy atom. The van der Waals surface area contributed by atoms with Gasteiger partial charge in [-0.15, -0.1) is 0 Å². The molecule has 0 saturated carbocycles. The summed E-state index contributed by atoms with van der Waals surface area (Å²) in [6.45, 7) is 4.47. The molecule has 0 saturated heterocycles. The summed E-state index contributed by atoms with van der Waals surface area (Å²) in [6.07, 6.45) is 11.6. The van der Waals surface area contributed by atoms with Gasteiger partial charge in [-0.1, -0.05) is 30.9 Å². The van der Waals surface area contributed by atoms with Crippen LogP contribution < -0.4 is 4.74 Å². The first-order valence-corrected chi connectivity index (χ1v) is 6.83. The summed E-state index contributed by atoms with van der Waals surface area (Å²) in [5, 5.41) is 0. The van der Waals surface area contributed by atoms with Crippen molar-refractivity contribution in [2.45, 2.75) is 0 Å². The maximum atomic E-state index is 5.47. The first kappa shape index (κ1) is 14.9. The molecule has 0 bridgehead atoms. The lowest BCUT2D eigenvalue weighted by molar-refractivity contribution is 0.411. The Morgan fingerprint density at radius 2 is 2.14 bits per heavy atom. The van der Waals surface area contributed by atoms with Crippen molar-refractivity contribution in [3.8, 4) is 5.75 Å². The van der Waals surface area contributed by atoms with Gasteiger partial charge in [0.15, 0.2) is 0 Å². The summed E-state index contributed by atoms with van der Waals surface area (Å²) in [5.74, 6) is 0.839. The van der Waals surface area contributed by atoms with Crippen molar-refractivity contribution in [1.29, 1.82) is 0 Å². The standard InChI is InChI=1S/C18H20N2O/c1-4-9-17(16-11-5-6-12-18(16)21-3)20(2)15-10-7-8-13-19-14-15/h4-13H,1,14H2,2-3H3/b17-9-. The summed E-state index contributed by atoms with van der Waals surface area (Å²) < 4.78 is 5.47. The molecule has 1 aromatic carbocycles. The Hall–Kier alpha value is -2.55. The van der Waals surface area contributed by atoms with Crippen LogP contribution in [0.15, 0.2) is 71.9 Å². The smallest absolute Gasteiger partial charge is 0.128 e. The van der Waals surface area contributed by atoms with Crippen LogP contribution in [-0.2, 0) is 0 Å². The molecule has 0 N–H and O–H groups in total. The molecule has 0 aliphatic carbocycles. The van der Waals surface area contributed by atoms with Gasteiger partial charge in [0.1, 0.15) is 5.75 Å². The van der Waals surface area contributed by atoms with Crippen molar-refractivity contribution < 1.29 is 4.74 Å². The number of allylic oxidation sites excluding steroid dienone is 5. The van der Waals surface area contributed by atoms with Gasteiger partial charge in [-0.2, -0.15) is 0 Å². The second-order valence-corrected chi connectivity index (χ2v) is 4.58. The maximum Gasteiger partial charge on any atom is 0.128 e. The maximum absolute atomic E-state index is 5.47. The largest absolute Gasteiger partial charge is 0.496 e. The van der Waals surface area contributed by atoms with Crippen LogP contribution in [0.3, 0.4) is 0 Å². The van der Waals surface area contributed by atoms with Gasteiger partial charge in [-0.25, -0.2) is 0 Å². The molecule has 0 aromatic heterocycles. The number of rotatable bonds is 5. The van der Waals surface area contributed by atoms with Crippen LogP contribution in [0.1, 0.15) is 5.56 Å². The number of aliphatic imine (C=N–C) groups is 1. The topological polar surface area (TPSA) is 24.8 Å². The summed E-state index contributed by atoms with van der Waals surface area (Å²) >= 11 is 0. The lowest BCUT2D eigenvalue weighted by atomic mass is 10.1. The van der Waals surface area contributed by atoms with E-state index in [1.807, 2.05) is 55.8 Å². The van der Waals surface area contributed by atoms with Crippen molar-refractivity contribution in [2.24, 2.45) is 4.99 Å². The van der Waals surface area contributed by atoms with Crippen molar-refractivity contribution in [3.05, 3.63) is 72.5 Å². The number of likely N-dealkylation sites (N-methyl/N-ethyl adjacent to an activating group) is 1. The first-order chi connectivity index (χ1) is 10.3. The Balaban J connectivity index is 2.42. The van der Waals surface area contributed by atoms with Crippen molar-refractivity contribution in [1.82, 2.24) is 4.90 Å². The van der Waals surface area contributed by atoms with Gasteiger partial charge in [0.05, 0.1) is 19.4 Å². The summed E-state index contributed by atoms with van der Waals surface area (Å²) in [5.41, 5.74) is 3.17. The normalized spacial score (nSPS) is 14.4. The van der Waals surface area contributed by atoms with Crippen molar-refractivity contribution >= 4 is 11.9 Å². The molecule has 1 heterocycles. The van der Waals surface area contributed by atoms with E-state index in [2.05, 4.69) is 22.5 Å². The van der Waals surface area contributed by atoms with E-state index in [0.29, 0.717) is 6.54 Å². The van der Waals surface area contributed by atoms with E-state index in [0.717, 1.165) is 22.7 Å². The quantitative estimate of drug-likeness (QED) is 0.769. The van der Waals surface area contributed by atoms with E-state index in [-0.39, 0.29) is 0 Å². The molecule has 3 nitrogen and oxygen atoms in total. The number of nitrogens with zero attached hydrogens (tertiary/aromatic N) is 2. The zero-order valence-corrected chi connectivity index (χ0v) is 12.5. The number of benzene rings is 1. The zero-order chi connectivity index (χ0) is 15.1. The fourth-order valence-electron chi connectivity index (χ4n) is 2.20. The average molecular weight is 280 g/mol. The van der Waals surface area contributed by atoms with Crippen LogP contribution in [-0.4, -0.2) is 31.8 Å². The number of methoxy groups -OCH3 is 1. The van der Waals surface area contributed by atoms with Crippen LogP contribution >= 0.6 is 0 Å². The minimum atomic E-state index is 0.646. The van der Waals surface area contributed by atoms with Gasteiger partial charge in [0, 0.05) is 24.5 Å². The van der Waals surface area contributed by atoms with E-state index >= 15 is 0 Å². The first-order valence-electron chi connectivity index (χ1n) is 6.83. The van der Waals surface area contributed by atoms with Gasteiger partial charge in [-0.05, 0) is 30.4 Å². The number of hydrogen-bond acceptors (Lipinski definition) is 3. The predicted octanol–water partition coefficient (Wildman–Crippen LogP) is 3.68. The molecule has 0 atom stereocenters. The van der Waals surface area contributed by atoms with E-state index in [4.69, 9.17) is 4.74 Å². The summed E-state index contributed by atoms with van der Waals surface area (Å²) in [7, 11) is 3.71. The lowest BCUT2D eigenvalue weighted by Crippen LogP contribution is -2.18. The molecule has 108 valence electrons. The summed E-state index contributed by atoms with van der Waals surface area (Å²) in [4.78, 5) is 6.46. The molecular weight excluding hydrogens is 260 g/mol. The molecule has 1 aromatic rings. The van der Waals surface area contributed by atoms with Gasteiger partial charge in [-0.3, -0.25) is 4.99 Å². The predicted molar refractivity (Wildman–Crippen MR) is 89.5 cm³/mol. The van der Waals surface area contributed by atoms with Crippen molar-refractivity contribution in [3.63, 3.8) is 0 Å². The Bertz CT molecular complexity index is 624. The third-order valence-corrected chi connectivity index (χ3v) is 3.30. The Labute approximate surface area is 126 Å². The molecule has 21 heavy (non-hydrogen) atoms. The summed E-state index contributed by atoms with van der Waals surface area (Å²) in [6, 6.07) is 7.97. The molecule has 0 spiro atoms. The third-order valence-electron chi connectivity index (χ3n) is 3.30. The van der Waals surface area contributed by atoms with Crippen molar-refractivity contribution in [2.75, 3.05) is 20.7 Å². The minimum absolute atomic E-state index is 0.646. The molecular formula is C18H20N2O. The number of para-hydroxylation sites is 1. The SMILES string of the molecule is C=C/C=C(/c1ccccc1OC)N(C)C1=CC=CC=NC1. The second-order valence-electron chi connectivity index (χ2n) is 4.58. The molecule has 0 amide bonds. The van der Waals surface area contributed by atoms with Crippen LogP contribution in [0.4, 0.5) is 0 Å². The Kier molecular flexibility index (Phi) is 5.16. The third kappa shape index (κ3) is 3.51. The van der Waals surface area contributed by atoms with Crippen LogP contribution in [0.5, 0.6) is 5.75 Å². The molecule has 1 aliphatic rings. The van der Waals surface area contributed by atoms with E-state index in [1.165, 1.54) is 0 Å². The highest BCUT2D eigenvalue weighted by Gasteiger charge is 2.14. The molecule has 2 rings (SSSR count). The average Bonchev–Trinajstić information content (AvgIpc) is 2.81. The zero-order valence-electron chi connectivity index (χ0n) is 12.5. The van der Waals surface area contributed by atoms with Crippen LogP contribution in [0.2, 0.25) is 0 Å². The monoisotopic (exact) mass is 280 g/mol. The van der Waals surface area contributed by atoms with E-state index < -0.39 is 0 Å². The van der Waals surface area contributed by atoms with Crippen LogP contribution in [0.25, 0.3) is 5.70 Å². The van der Waals surface area contributed by atoms with Gasteiger partial charge in [0.25, 0.3) is 0 Å². The number of hydrogen-bond donors (Lipinski definition) is 0. The molecule has 0 radical (unpaired) electrons. The van der Waals surface area contributed by atoms with Gasteiger partial charge >= 0.3 is 0 Å². The van der Waals surface area contributed by atoms with Gasteiger partial charge < -0.3 is 9.64 Å². The molecule has 0 unspecified atom stereocenters. The van der Waals surface area contributed by atoms with E-state index in [1.54, 1.807) is 13.2 Å². The fourth-order valence-corrected chi connectivity index (χ4v) is 2.20. The van der Waals surface area contributed by atoms with Gasteiger partial charge in [0.2, 0.25) is 0 Å². The van der Waals surface area contributed by atoms with E-state index in [9.17, 15) is 0 Å². The molecule has 3 heteroatoms. The number of ether oxygens (including phenoxy) is 1. The Morgan fingerprint density at radius 1 is 1.33 bits per heavy atom. The molecule has 1 aliphatic heterocycles. The fraction of sp³-hybridized carbons (Fsp3) is 0.167. The van der Waals surface area contributed by atoms with Crippen LogP contribution in [0, 0.1) is 0 Å². The lowest BCUT2D eigenvalue weighted by Gasteiger charge is -2.25. The highest BCUT2D eigenvalue weighted by molar-refractivity contribution is 5.74. The second kappa shape index (κ2) is 7.29. The minimum Gasteiger partial charge on any atom is -0.496 e. The highest BCUT2D eigenvalue weighted by atomic mass is 16.5.